The summed E-state index contributed by atoms with van der Waals surface area (Å²) in [5, 5.41) is 9.68. The maximum Gasteiger partial charge on any atom is 0.400 e. The summed E-state index contributed by atoms with van der Waals surface area (Å²) in [6.07, 6.45) is 0.401. The van der Waals surface area contributed by atoms with Gasteiger partial charge in [-0.2, -0.15) is 4.98 Å². The Morgan fingerprint density at radius 3 is 2.64 bits per heavy atom. The first-order chi connectivity index (χ1) is 12.0. The molecule has 0 bridgehead atoms. The molecule has 0 saturated heterocycles. The van der Waals surface area contributed by atoms with Gasteiger partial charge in [0.25, 0.3) is 0 Å². The van der Waals surface area contributed by atoms with E-state index in [1.165, 1.54) is 0 Å². The average Bonchev–Trinajstić information content (AvgIpc) is 2.97. The molecule has 3 aromatic rings. The molecule has 0 amide bonds. The highest BCUT2D eigenvalue weighted by atomic mass is 35.5. The quantitative estimate of drug-likeness (QED) is 0.644. The van der Waals surface area contributed by atoms with E-state index in [2.05, 4.69) is 4.98 Å². The number of nitrogens with zero attached hydrogens (tertiary/aromatic N) is 1. The lowest BCUT2D eigenvalue weighted by Gasteiger charge is -2.14. The largest absolute Gasteiger partial charge is 0.479 e. The van der Waals surface area contributed by atoms with Gasteiger partial charge in [-0.1, -0.05) is 24.9 Å². The van der Waals surface area contributed by atoms with Crippen LogP contribution in [0.25, 0.3) is 11.1 Å². The maximum atomic E-state index is 11.1. The number of hydrogen-bond donors (Lipinski definition) is 1. The average molecular weight is 362 g/mol. The Balaban J connectivity index is 1.70. The SMILES string of the molecule is CCC[C@@H](Oc1ccc(Oc2nc3ccc(Cl)cc3o2)cc1)C(=O)O. The van der Waals surface area contributed by atoms with E-state index >= 15 is 0 Å². The second kappa shape index (κ2) is 7.44. The van der Waals surface area contributed by atoms with Crippen LogP contribution in [0.1, 0.15) is 19.8 Å². The molecular weight excluding hydrogens is 346 g/mol. The molecule has 1 atom stereocenters. The fourth-order valence-corrected chi connectivity index (χ4v) is 2.43. The van der Waals surface area contributed by atoms with Crippen LogP contribution < -0.4 is 9.47 Å². The predicted molar refractivity (Wildman–Crippen MR) is 92.5 cm³/mol. The molecular formula is C18H16ClNO5. The van der Waals surface area contributed by atoms with Crippen molar-refractivity contribution in [1.82, 2.24) is 4.98 Å². The third-order valence-electron chi connectivity index (χ3n) is 3.46. The molecule has 1 aromatic heterocycles. The molecule has 130 valence electrons. The number of carboxylic acid groups (broad SMARTS) is 1. The van der Waals surface area contributed by atoms with Gasteiger partial charge < -0.3 is 19.0 Å². The van der Waals surface area contributed by atoms with E-state index in [4.69, 9.17) is 30.6 Å². The number of fused-ring (bicyclic) bond motifs is 1. The van der Waals surface area contributed by atoms with Gasteiger partial charge >= 0.3 is 12.0 Å². The summed E-state index contributed by atoms with van der Waals surface area (Å²) in [6, 6.07) is 11.7. The van der Waals surface area contributed by atoms with Gasteiger partial charge in [0.2, 0.25) is 0 Å². The van der Waals surface area contributed by atoms with Crippen LogP contribution in [0.5, 0.6) is 17.6 Å². The normalized spacial score (nSPS) is 12.1. The molecule has 0 saturated carbocycles. The summed E-state index contributed by atoms with van der Waals surface area (Å²) in [6.45, 7) is 1.91. The number of aliphatic carboxylic acids is 1. The van der Waals surface area contributed by atoms with Crippen molar-refractivity contribution < 1.29 is 23.8 Å². The number of carbonyl (C=O) groups is 1. The topological polar surface area (TPSA) is 81.8 Å². The van der Waals surface area contributed by atoms with Crippen LogP contribution in [0.15, 0.2) is 46.9 Å². The van der Waals surface area contributed by atoms with Crippen molar-refractivity contribution in [1.29, 1.82) is 0 Å². The van der Waals surface area contributed by atoms with Crippen LogP contribution in [0.2, 0.25) is 5.02 Å². The number of ether oxygens (including phenoxy) is 2. The van der Waals surface area contributed by atoms with Crippen LogP contribution in [-0.4, -0.2) is 22.2 Å². The van der Waals surface area contributed by atoms with Crippen molar-refractivity contribution in [3.8, 4) is 17.6 Å². The van der Waals surface area contributed by atoms with Crippen molar-refractivity contribution in [3.63, 3.8) is 0 Å². The number of carboxylic acids is 1. The van der Waals surface area contributed by atoms with E-state index in [9.17, 15) is 4.79 Å². The highest BCUT2D eigenvalue weighted by molar-refractivity contribution is 6.31. The molecule has 1 heterocycles. The molecule has 0 aliphatic heterocycles. The van der Waals surface area contributed by atoms with Gasteiger partial charge in [0.1, 0.15) is 17.0 Å². The Morgan fingerprint density at radius 1 is 1.24 bits per heavy atom. The Bertz CT molecular complexity index is 875. The van der Waals surface area contributed by atoms with E-state index in [1.807, 2.05) is 6.92 Å². The van der Waals surface area contributed by atoms with E-state index < -0.39 is 12.1 Å². The monoisotopic (exact) mass is 361 g/mol. The number of oxazole rings is 1. The molecule has 2 aromatic carbocycles. The van der Waals surface area contributed by atoms with Crippen molar-refractivity contribution in [2.75, 3.05) is 0 Å². The molecule has 3 rings (SSSR count). The predicted octanol–water partition coefficient (Wildman–Crippen LogP) is 4.91. The van der Waals surface area contributed by atoms with Gasteiger partial charge in [-0.15, -0.1) is 0 Å². The Kier molecular flexibility index (Phi) is 5.09. The van der Waals surface area contributed by atoms with Crippen LogP contribution in [-0.2, 0) is 4.79 Å². The minimum Gasteiger partial charge on any atom is -0.479 e. The standard InChI is InChI=1S/C18H16ClNO5/c1-2-3-15(17(21)22)23-12-5-7-13(8-6-12)24-18-20-14-9-4-11(19)10-16(14)25-18/h4-10,15H,2-3H2,1H3,(H,21,22)/t15-/m1/s1. The summed E-state index contributed by atoms with van der Waals surface area (Å²) >= 11 is 5.91. The third kappa shape index (κ3) is 4.22. The van der Waals surface area contributed by atoms with Crippen LogP contribution in [0.3, 0.4) is 0 Å². The molecule has 25 heavy (non-hydrogen) atoms. The van der Waals surface area contributed by atoms with E-state index in [-0.39, 0.29) is 6.08 Å². The smallest absolute Gasteiger partial charge is 0.400 e. The fourth-order valence-electron chi connectivity index (χ4n) is 2.27. The Morgan fingerprint density at radius 2 is 1.96 bits per heavy atom. The number of rotatable bonds is 7. The molecule has 0 fully saturated rings. The molecule has 0 unspecified atom stereocenters. The summed E-state index contributed by atoms with van der Waals surface area (Å²) in [5.74, 6) is -0.0303. The van der Waals surface area contributed by atoms with E-state index in [0.29, 0.717) is 34.0 Å². The lowest BCUT2D eigenvalue weighted by Crippen LogP contribution is -2.26. The second-order valence-corrected chi connectivity index (χ2v) is 5.84. The van der Waals surface area contributed by atoms with Crippen molar-refractivity contribution >= 4 is 28.7 Å². The molecule has 0 aliphatic rings. The first kappa shape index (κ1) is 17.1. The van der Waals surface area contributed by atoms with E-state index in [0.717, 1.165) is 6.42 Å². The van der Waals surface area contributed by atoms with Gasteiger partial charge in [0.15, 0.2) is 11.7 Å². The second-order valence-electron chi connectivity index (χ2n) is 5.40. The Labute approximate surface area is 148 Å². The van der Waals surface area contributed by atoms with Gasteiger partial charge in [-0.3, -0.25) is 0 Å². The zero-order valence-electron chi connectivity index (χ0n) is 13.4. The van der Waals surface area contributed by atoms with Crippen molar-refractivity contribution in [2.24, 2.45) is 0 Å². The maximum absolute atomic E-state index is 11.1. The minimum absolute atomic E-state index is 0.0975. The zero-order valence-corrected chi connectivity index (χ0v) is 14.2. The van der Waals surface area contributed by atoms with Gasteiger partial charge in [0, 0.05) is 11.1 Å². The van der Waals surface area contributed by atoms with Crippen LogP contribution in [0.4, 0.5) is 0 Å². The first-order valence-electron chi connectivity index (χ1n) is 7.78. The van der Waals surface area contributed by atoms with Crippen molar-refractivity contribution in [3.05, 3.63) is 47.5 Å². The summed E-state index contributed by atoms with van der Waals surface area (Å²) in [4.78, 5) is 15.3. The molecule has 1 N–H and O–H groups in total. The third-order valence-corrected chi connectivity index (χ3v) is 3.70. The van der Waals surface area contributed by atoms with Gasteiger partial charge in [0.05, 0.1) is 0 Å². The number of halogens is 1. The van der Waals surface area contributed by atoms with Gasteiger partial charge in [-0.05, 0) is 42.8 Å². The summed E-state index contributed by atoms with van der Waals surface area (Å²) < 4.78 is 16.5. The summed E-state index contributed by atoms with van der Waals surface area (Å²) in [7, 11) is 0. The highest BCUT2D eigenvalue weighted by Crippen LogP contribution is 2.28. The number of aromatic nitrogens is 1. The van der Waals surface area contributed by atoms with Gasteiger partial charge in [-0.25, -0.2) is 4.79 Å². The summed E-state index contributed by atoms with van der Waals surface area (Å²) in [5.41, 5.74) is 1.18. The molecule has 6 nitrogen and oxygen atoms in total. The first-order valence-corrected chi connectivity index (χ1v) is 8.16. The zero-order chi connectivity index (χ0) is 17.8. The molecule has 7 heteroatoms. The van der Waals surface area contributed by atoms with Crippen LogP contribution in [0, 0.1) is 0 Å². The Hall–Kier alpha value is -2.73. The minimum atomic E-state index is -0.979. The highest BCUT2D eigenvalue weighted by Gasteiger charge is 2.18. The lowest BCUT2D eigenvalue weighted by molar-refractivity contribution is -0.145. The van der Waals surface area contributed by atoms with Crippen molar-refractivity contribution in [2.45, 2.75) is 25.9 Å². The fraction of sp³-hybridized carbons (Fsp3) is 0.222. The molecule has 0 spiro atoms. The number of benzene rings is 2. The lowest BCUT2D eigenvalue weighted by atomic mass is 10.2. The van der Waals surface area contributed by atoms with E-state index in [1.54, 1.807) is 42.5 Å². The van der Waals surface area contributed by atoms with Crippen LogP contribution >= 0.6 is 11.6 Å². The molecule has 0 aliphatic carbocycles. The number of hydrogen-bond acceptors (Lipinski definition) is 5. The molecule has 0 radical (unpaired) electrons.